The number of hydrogen-bond donors (Lipinski definition) is 0. The fourth-order valence-electron chi connectivity index (χ4n) is 1.76. The molecule has 0 spiro atoms. The average Bonchev–Trinajstić information content (AvgIpc) is 2.66. The van der Waals surface area contributed by atoms with E-state index in [-0.39, 0.29) is 12.1 Å². The molecule has 1 fully saturated rings. The van der Waals surface area contributed by atoms with Crippen LogP contribution >= 0.6 is 0 Å². The van der Waals surface area contributed by atoms with Gasteiger partial charge >= 0.3 is 0 Å². The Morgan fingerprint density at radius 1 is 1.36 bits per heavy atom. The van der Waals surface area contributed by atoms with Crippen LogP contribution in [0.1, 0.15) is 16.8 Å². The summed E-state index contributed by atoms with van der Waals surface area (Å²) in [6.45, 7) is 0.546. The highest BCUT2D eigenvalue weighted by Crippen LogP contribution is 2.31. The zero-order valence-electron chi connectivity index (χ0n) is 7.47. The quantitative estimate of drug-likeness (QED) is 0.618. The van der Waals surface area contributed by atoms with Gasteiger partial charge in [-0.25, -0.2) is 0 Å². The lowest BCUT2D eigenvalue weighted by atomic mass is 10.1. The highest BCUT2D eigenvalue weighted by atomic mass is 16.7. The molecule has 4 heteroatoms. The van der Waals surface area contributed by atoms with Crippen molar-refractivity contribution in [2.75, 3.05) is 6.61 Å². The summed E-state index contributed by atoms with van der Waals surface area (Å²) < 4.78 is 5.61. The summed E-state index contributed by atoms with van der Waals surface area (Å²) >= 11 is 0. The molecule has 2 aliphatic rings. The second kappa shape index (κ2) is 2.72. The van der Waals surface area contributed by atoms with E-state index in [1.54, 1.807) is 6.07 Å². The van der Waals surface area contributed by atoms with Crippen molar-refractivity contribution in [1.82, 2.24) is 5.06 Å². The Kier molecular flexibility index (Phi) is 1.52. The normalized spacial score (nSPS) is 24.1. The number of hydrogen-bond acceptors (Lipinski definition) is 3. The van der Waals surface area contributed by atoms with Crippen LogP contribution in [0.4, 0.5) is 0 Å². The van der Waals surface area contributed by atoms with Gasteiger partial charge in [0.1, 0.15) is 5.75 Å². The maximum Gasteiger partial charge on any atom is 0.284 e. The zero-order chi connectivity index (χ0) is 9.54. The van der Waals surface area contributed by atoms with E-state index in [1.807, 2.05) is 18.2 Å². The molecular formula is C10H9NO3. The largest absolute Gasteiger partial charge is 0.467 e. The number of rotatable bonds is 0. The van der Waals surface area contributed by atoms with Crippen LogP contribution in [0.2, 0.25) is 0 Å². The number of nitrogens with zero attached hydrogens (tertiary/aromatic N) is 1. The Morgan fingerprint density at radius 3 is 3.14 bits per heavy atom. The van der Waals surface area contributed by atoms with Crippen molar-refractivity contribution in [1.29, 1.82) is 0 Å². The fraction of sp³-hybridized carbons (Fsp3) is 0.300. The number of hydroxylamine groups is 2. The number of carbonyl (C=O) groups is 1. The molecule has 0 N–H and O–H groups in total. The topological polar surface area (TPSA) is 38.8 Å². The van der Waals surface area contributed by atoms with E-state index >= 15 is 0 Å². The van der Waals surface area contributed by atoms with Crippen molar-refractivity contribution in [3.63, 3.8) is 0 Å². The molecule has 0 saturated carbocycles. The molecule has 2 heterocycles. The average molecular weight is 191 g/mol. The lowest BCUT2D eigenvalue weighted by molar-refractivity contribution is -0.140. The summed E-state index contributed by atoms with van der Waals surface area (Å²) in [5, 5.41) is 1.32. The van der Waals surface area contributed by atoms with Gasteiger partial charge in [-0.1, -0.05) is 12.1 Å². The molecule has 0 aliphatic carbocycles. The number of ether oxygens (including phenoxy) is 1. The van der Waals surface area contributed by atoms with Gasteiger partial charge in [0, 0.05) is 6.42 Å². The first-order valence-electron chi connectivity index (χ1n) is 4.58. The van der Waals surface area contributed by atoms with Crippen LogP contribution in [0.15, 0.2) is 24.3 Å². The van der Waals surface area contributed by atoms with Gasteiger partial charge in [0.25, 0.3) is 5.91 Å². The van der Waals surface area contributed by atoms with E-state index < -0.39 is 0 Å². The molecule has 1 aromatic carbocycles. The van der Waals surface area contributed by atoms with Gasteiger partial charge in [0.2, 0.25) is 6.23 Å². The minimum atomic E-state index is -0.239. The molecule has 3 rings (SSSR count). The van der Waals surface area contributed by atoms with Gasteiger partial charge < -0.3 is 4.74 Å². The van der Waals surface area contributed by atoms with Crippen LogP contribution in [0.5, 0.6) is 5.75 Å². The van der Waals surface area contributed by atoms with Crippen LogP contribution in [0.3, 0.4) is 0 Å². The minimum Gasteiger partial charge on any atom is -0.467 e. The van der Waals surface area contributed by atoms with E-state index in [0.717, 1.165) is 6.42 Å². The molecule has 1 unspecified atom stereocenters. The summed E-state index contributed by atoms with van der Waals surface area (Å²) in [7, 11) is 0. The van der Waals surface area contributed by atoms with E-state index in [4.69, 9.17) is 9.57 Å². The zero-order valence-corrected chi connectivity index (χ0v) is 7.47. The van der Waals surface area contributed by atoms with Gasteiger partial charge in [-0.15, -0.1) is 0 Å². The molecule has 14 heavy (non-hydrogen) atoms. The predicted octanol–water partition coefficient (Wildman–Crippen LogP) is 1.18. The molecule has 1 atom stereocenters. The molecule has 72 valence electrons. The number of fused-ring (bicyclic) bond motifs is 2. The maximum absolute atomic E-state index is 11.8. The lowest BCUT2D eigenvalue weighted by Crippen LogP contribution is -2.42. The van der Waals surface area contributed by atoms with Crippen LogP contribution < -0.4 is 4.74 Å². The van der Waals surface area contributed by atoms with Crippen molar-refractivity contribution < 1.29 is 14.4 Å². The third-order valence-corrected chi connectivity index (χ3v) is 2.44. The Labute approximate surface area is 81.0 Å². The Morgan fingerprint density at radius 2 is 2.21 bits per heavy atom. The van der Waals surface area contributed by atoms with Crippen molar-refractivity contribution in [3.05, 3.63) is 29.8 Å². The van der Waals surface area contributed by atoms with Crippen LogP contribution in [0.25, 0.3) is 0 Å². The second-order valence-corrected chi connectivity index (χ2v) is 3.32. The van der Waals surface area contributed by atoms with Gasteiger partial charge in [0.15, 0.2) is 0 Å². The molecular weight excluding hydrogens is 182 g/mol. The first-order valence-corrected chi connectivity index (χ1v) is 4.58. The molecule has 1 aromatic rings. The van der Waals surface area contributed by atoms with Gasteiger partial charge in [-0.05, 0) is 12.1 Å². The highest BCUT2D eigenvalue weighted by Gasteiger charge is 2.38. The van der Waals surface area contributed by atoms with Gasteiger partial charge in [-0.3, -0.25) is 9.63 Å². The summed E-state index contributed by atoms with van der Waals surface area (Å²) in [5.41, 5.74) is 0.575. The summed E-state index contributed by atoms with van der Waals surface area (Å²) in [6.07, 6.45) is 0.498. The fourth-order valence-corrected chi connectivity index (χ4v) is 1.76. The molecule has 2 aliphatic heterocycles. The van der Waals surface area contributed by atoms with E-state index in [9.17, 15) is 4.79 Å². The highest BCUT2D eigenvalue weighted by molar-refractivity contribution is 5.97. The smallest absolute Gasteiger partial charge is 0.284 e. The number of benzene rings is 1. The minimum absolute atomic E-state index is 0.102. The van der Waals surface area contributed by atoms with E-state index in [1.165, 1.54) is 5.06 Å². The van der Waals surface area contributed by atoms with Crippen molar-refractivity contribution in [3.8, 4) is 5.75 Å². The molecule has 4 nitrogen and oxygen atoms in total. The van der Waals surface area contributed by atoms with Crippen molar-refractivity contribution >= 4 is 5.91 Å². The Hall–Kier alpha value is -1.55. The third-order valence-electron chi connectivity index (χ3n) is 2.44. The molecule has 0 bridgehead atoms. The monoisotopic (exact) mass is 191 g/mol. The maximum atomic E-state index is 11.8. The number of amides is 1. The SMILES string of the molecule is O=C1c2ccccc2OC2CCON12. The first kappa shape index (κ1) is 7.82. The second-order valence-electron chi connectivity index (χ2n) is 3.32. The van der Waals surface area contributed by atoms with Gasteiger partial charge in [-0.2, -0.15) is 5.06 Å². The van der Waals surface area contributed by atoms with Crippen molar-refractivity contribution in [2.45, 2.75) is 12.6 Å². The van der Waals surface area contributed by atoms with E-state index in [2.05, 4.69) is 0 Å². The van der Waals surface area contributed by atoms with Crippen LogP contribution in [0, 0.1) is 0 Å². The molecule has 0 radical (unpaired) electrons. The summed E-state index contributed by atoms with van der Waals surface area (Å²) in [5.74, 6) is 0.554. The summed E-state index contributed by atoms with van der Waals surface area (Å²) in [4.78, 5) is 17.0. The Balaban J connectivity index is 2.08. The lowest BCUT2D eigenvalue weighted by Gasteiger charge is -2.29. The van der Waals surface area contributed by atoms with Crippen molar-refractivity contribution in [2.24, 2.45) is 0 Å². The first-order chi connectivity index (χ1) is 6.86. The van der Waals surface area contributed by atoms with E-state index in [0.29, 0.717) is 17.9 Å². The number of carbonyl (C=O) groups excluding carboxylic acids is 1. The van der Waals surface area contributed by atoms with Gasteiger partial charge in [0.05, 0.1) is 12.2 Å². The Bertz CT molecular complexity index is 391. The standard InChI is InChI=1S/C10H9NO3/c12-10-7-3-1-2-4-8(7)14-9-5-6-13-11(9)10/h1-4,9H,5-6H2. The molecule has 1 saturated heterocycles. The summed E-state index contributed by atoms with van der Waals surface area (Å²) in [6, 6.07) is 7.23. The van der Waals surface area contributed by atoms with Crippen LogP contribution in [-0.2, 0) is 4.84 Å². The van der Waals surface area contributed by atoms with Crippen LogP contribution in [-0.4, -0.2) is 23.8 Å². The molecule has 1 amide bonds. The predicted molar refractivity (Wildman–Crippen MR) is 47.6 cm³/mol. The molecule has 0 aromatic heterocycles. The third kappa shape index (κ3) is 0.943. The number of para-hydroxylation sites is 1.